The topological polar surface area (TPSA) is 35.9 Å². The summed E-state index contributed by atoms with van der Waals surface area (Å²) in [5.41, 5.74) is 6.05. The van der Waals surface area contributed by atoms with Gasteiger partial charge in [0.1, 0.15) is 17.3 Å². The molecule has 62 heavy (non-hydrogen) atoms. The van der Waals surface area contributed by atoms with Crippen LogP contribution in [0.1, 0.15) is 67.8 Å². The first-order valence-corrected chi connectivity index (χ1v) is 20.6. The molecular formula is C57H50N4O. The van der Waals surface area contributed by atoms with Crippen molar-refractivity contribution in [2.45, 2.75) is 53.3 Å². The number of benzene rings is 7. The molecule has 10 rings (SSSR count). The Morgan fingerprint density at radius 2 is 1.40 bits per heavy atom. The molecule has 5 heteroatoms. The number of nitrogens with zero attached hydrogens (tertiary/aromatic N) is 4. The second-order valence-corrected chi connectivity index (χ2v) is 16.7. The Morgan fingerprint density at radius 1 is 0.710 bits per heavy atom. The Bertz CT molecular complexity index is 3820. The second kappa shape index (κ2) is 15.7. The van der Waals surface area contributed by atoms with Gasteiger partial charge in [-0.15, -0.1) is 0 Å². The lowest BCUT2D eigenvalue weighted by molar-refractivity contribution is -0.571. The van der Waals surface area contributed by atoms with E-state index in [1.54, 1.807) is 39.6 Å². The molecule has 0 N–H and O–H groups in total. The first-order chi connectivity index (χ1) is 35.0. The fourth-order valence-electron chi connectivity index (χ4n) is 8.20. The average Bonchev–Trinajstić information content (AvgIpc) is 3.94. The predicted octanol–water partition coefficient (Wildman–Crippen LogP) is 14.1. The van der Waals surface area contributed by atoms with Gasteiger partial charge in [0.05, 0.1) is 47.1 Å². The number of aromatic nitrogens is 4. The van der Waals surface area contributed by atoms with Crippen molar-refractivity contribution < 1.29 is 25.8 Å². The minimum absolute atomic E-state index is 0.122. The highest BCUT2D eigenvalue weighted by Gasteiger charge is 2.22. The van der Waals surface area contributed by atoms with E-state index in [9.17, 15) is 0 Å². The Morgan fingerprint density at radius 3 is 2.11 bits per heavy atom. The fraction of sp³-hybridized carbons (Fsp3) is 0.158. The van der Waals surface area contributed by atoms with Crippen LogP contribution in [0.15, 0.2) is 176 Å². The molecule has 0 spiro atoms. The number of fused-ring (bicyclic) bond motifs is 4. The van der Waals surface area contributed by atoms with Crippen LogP contribution >= 0.6 is 0 Å². The minimum Gasteiger partial charge on any atom is -0.458 e. The van der Waals surface area contributed by atoms with Crippen molar-refractivity contribution in [3.8, 4) is 50.9 Å². The molecule has 3 aromatic heterocycles. The minimum atomic E-state index is -1.60. The largest absolute Gasteiger partial charge is 0.458 e. The van der Waals surface area contributed by atoms with Crippen LogP contribution in [-0.4, -0.2) is 14.1 Å². The molecule has 0 bridgehead atoms. The molecule has 10 aromatic rings. The quantitative estimate of drug-likeness (QED) is 0.107. The molecule has 0 saturated heterocycles. The number of imidazole rings is 1. The van der Waals surface area contributed by atoms with Crippen LogP contribution in [0.25, 0.3) is 72.3 Å². The van der Waals surface area contributed by atoms with Crippen molar-refractivity contribution in [1.29, 1.82) is 0 Å². The maximum atomic E-state index is 9.06. The number of hydrogen-bond acceptors (Lipinski definition) is 2. The van der Waals surface area contributed by atoms with Crippen LogP contribution < -0.4 is 9.30 Å². The number of ether oxygens (including phenoxy) is 1. The summed E-state index contributed by atoms with van der Waals surface area (Å²) >= 11 is 0. The van der Waals surface area contributed by atoms with E-state index in [1.165, 1.54) is 0 Å². The zero-order chi connectivity index (χ0) is 53.0. The maximum absolute atomic E-state index is 9.06. The molecule has 0 saturated carbocycles. The summed E-state index contributed by atoms with van der Waals surface area (Å²) in [5, 5.41) is 1.98. The highest BCUT2D eigenvalue weighted by molar-refractivity contribution is 6.09. The fourth-order valence-corrected chi connectivity index (χ4v) is 8.20. The highest BCUT2D eigenvalue weighted by Crippen LogP contribution is 2.39. The summed E-state index contributed by atoms with van der Waals surface area (Å²) in [5.74, 6) is 1.28. The number of pyridine rings is 1. The zero-order valence-electron chi connectivity index (χ0n) is 47.2. The van der Waals surface area contributed by atoms with E-state index in [-0.39, 0.29) is 39.3 Å². The van der Waals surface area contributed by atoms with Crippen molar-refractivity contribution in [3.05, 3.63) is 199 Å². The van der Waals surface area contributed by atoms with Crippen molar-refractivity contribution in [3.63, 3.8) is 0 Å². The van der Waals surface area contributed by atoms with E-state index >= 15 is 0 Å². The summed E-state index contributed by atoms with van der Waals surface area (Å²) in [4.78, 5) is 4.79. The summed E-state index contributed by atoms with van der Waals surface area (Å²) in [6.45, 7) is 12.1. The Labute approximate surface area is 381 Å². The maximum Gasteiger partial charge on any atom is 0.269 e. The lowest BCUT2D eigenvalue weighted by Crippen LogP contribution is -2.32. The van der Waals surface area contributed by atoms with Gasteiger partial charge in [0.15, 0.2) is 0 Å². The molecule has 3 heterocycles. The van der Waals surface area contributed by atoms with Gasteiger partial charge in [-0.3, -0.25) is 13.7 Å². The molecule has 0 fully saturated rings. The van der Waals surface area contributed by atoms with Crippen LogP contribution in [-0.2, 0) is 11.8 Å². The van der Waals surface area contributed by atoms with Gasteiger partial charge >= 0.3 is 0 Å². The number of aryl methyl sites for hydroxylation is 1. The summed E-state index contributed by atoms with van der Waals surface area (Å²) in [6, 6.07) is 28.3. The van der Waals surface area contributed by atoms with Gasteiger partial charge in [0.25, 0.3) is 6.33 Å². The van der Waals surface area contributed by atoms with E-state index in [0.29, 0.717) is 39.6 Å². The van der Waals surface area contributed by atoms with Crippen molar-refractivity contribution in [1.82, 2.24) is 14.1 Å². The monoisotopic (exact) mass is 818 g/mol. The molecule has 0 aliphatic heterocycles. The molecule has 0 aliphatic rings. The van der Waals surface area contributed by atoms with Crippen LogP contribution in [0.2, 0.25) is 0 Å². The van der Waals surface area contributed by atoms with Gasteiger partial charge < -0.3 is 4.74 Å². The molecule has 304 valence electrons. The average molecular weight is 819 g/mol. The van der Waals surface area contributed by atoms with Gasteiger partial charge in [-0.05, 0) is 118 Å². The van der Waals surface area contributed by atoms with Crippen LogP contribution in [0.5, 0.6) is 11.5 Å². The van der Waals surface area contributed by atoms with Gasteiger partial charge in [-0.2, -0.15) is 0 Å². The molecule has 0 aliphatic carbocycles. The van der Waals surface area contributed by atoms with E-state index in [1.807, 2.05) is 92.1 Å². The van der Waals surface area contributed by atoms with Gasteiger partial charge in [0, 0.05) is 25.8 Å². The van der Waals surface area contributed by atoms with Gasteiger partial charge in [-0.25, -0.2) is 4.98 Å². The number of para-hydroxylation sites is 2. The molecule has 0 radical (unpaired) electrons. The summed E-state index contributed by atoms with van der Waals surface area (Å²) < 4.78 is 117. The molecular weight excluding hydrogens is 757 g/mol. The number of rotatable bonds is 9. The highest BCUT2D eigenvalue weighted by atomic mass is 16.5. The molecule has 0 atom stereocenters. The van der Waals surface area contributed by atoms with E-state index in [2.05, 4.69) is 45.3 Å². The molecule has 7 aromatic carbocycles. The lowest BCUT2D eigenvalue weighted by Gasteiger charge is -2.19. The third kappa shape index (κ3) is 7.13. The Hall–Kier alpha value is -7.24. The SMILES string of the molecule is [2H]c1c([2H])c([2H])c(-c2cccc(-c3c([2H])c([2H])c([2H])c([2H])c3[2H])c2-[n+]2[c-]n(-c3cccc(Oc4ccc5c6cc(C(C)(C)C)ccc6n(-c6cc(C([2H])([2H])C(C)C)ccn6)c5c4)c3)c3cccc(C)c32)c([2H])c1[2H]. The Balaban J connectivity index is 1.16. The number of hydrogen-bond donors (Lipinski definition) is 0. The normalized spacial score (nSPS) is 14.9. The standard InChI is InChI=1S/C57H50N4O/c1-38(2)32-40-30-31-58-54(33-40)61-51-29-26-43(57(4,5)6)34-50(51)49-28-27-46(36-53(49)61)62-45-22-14-21-44(35-45)59-37-60(55-39(3)16-13-25-52(55)59)56-47(41-17-9-7-10-18-41)23-15-24-48(56)42-19-11-8-12-20-42/h7-31,33-36,38H,32H2,1-6H3/i7D,8D,9D,10D,11D,12D,17D,18D,19D,20D,32D2. The first-order valence-electron chi connectivity index (χ1n) is 26.6. The third-order valence-electron chi connectivity index (χ3n) is 11.0. The third-order valence-corrected chi connectivity index (χ3v) is 11.0. The predicted molar refractivity (Wildman–Crippen MR) is 255 cm³/mol. The van der Waals surface area contributed by atoms with Crippen molar-refractivity contribution in [2.75, 3.05) is 0 Å². The van der Waals surface area contributed by atoms with Crippen LogP contribution in [0, 0.1) is 19.2 Å². The van der Waals surface area contributed by atoms with Gasteiger partial charge in [-0.1, -0.05) is 144 Å². The smallest absolute Gasteiger partial charge is 0.269 e. The lowest BCUT2D eigenvalue weighted by atomic mass is 9.86. The summed E-state index contributed by atoms with van der Waals surface area (Å²) in [6.07, 6.45) is 3.52. The van der Waals surface area contributed by atoms with Gasteiger partial charge in [0.2, 0.25) is 0 Å². The van der Waals surface area contributed by atoms with Crippen molar-refractivity contribution >= 4 is 32.8 Å². The molecule has 0 amide bonds. The van der Waals surface area contributed by atoms with Crippen molar-refractivity contribution in [2.24, 2.45) is 5.92 Å². The van der Waals surface area contributed by atoms with Crippen LogP contribution in [0.3, 0.4) is 0 Å². The van der Waals surface area contributed by atoms with E-state index in [0.717, 1.165) is 32.9 Å². The first kappa shape index (κ1) is 27.6. The Kier molecular flexibility index (Phi) is 6.96. The second-order valence-electron chi connectivity index (χ2n) is 16.7. The zero-order valence-corrected chi connectivity index (χ0v) is 35.2. The van der Waals surface area contributed by atoms with E-state index in [4.69, 9.17) is 26.2 Å². The summed E-state index contributed by atoms with van der Waals surface area (Å²) in [7, 11) is 0. The van der Waals surface area contributed by atoms with Crippen LogP contribution in [0.4, 0.5) is 0 Å². The molecule has 0 unspecified atom stereocenters. The molecule has 5 nitrogen and oxygen atoms in total. The van der Waals surface area contributed by atoms with E-state index < -0.39 is 66.8 Å².